The molecule has 0 aliphatic heterocycles. The van der Waals surface area contributed by atoms with Gasteiger partial charge < -0.3 is 4.74 Å². The first-order chi connectivity index (χ1) is 13.2. The Kier molecular flexibility index (Phi) is 5.18. The van der Waals surface area contributed by atoms with Gasteiger partial charge in [0.05, 0.1) is 17.9 Å². The molecule has 0 saturated carbocycles. The van der Waals surface area contributed by atoms with E-state index in [2.05, 4.69) is 15.2 Å². The molecule has 0 bridgehead atoms. The van der Waals surface area contributed by atoms with Crippen LogP contribution in [0.15, 0.2) is 47.6 Å². The largest absolute Gasteiger partial charge is 0.496 e. The van der Waals surface area contributed by atoms with Crippen LogP contribution in [0.3, 0.4) is 0 Å². The fraction of sp³-hybridized carbons (Fsp3) is 0.250. The van der Waals surface area contributed by atoms with Gasteiger partial charge in [-0.2, -0.15) is 0 Å². The molecule has 1 atom stereocenters. The number of carbonyl (C=O) groups is 1. The van der Waals surface area contributed by atoms with E-state index in [1.54, 1.807) is 25.3 Å². The average molecular weight is 400 g/mol. The molecule has 4 rings (SSSR count). The van der Waals surface area contributed by atoms with Crippen LogP contribution in [0.5, 0.6) is 5.75 Å². The number of ketones is 1. The summed E-state index contributed by atoms with van der Waals surface area (Å²) >= 11 is 7.51. The number of nitrogens with one attached hydrogen (secondary N) is 1. The molecule has 5 nitrogen and oxygen atoms in total. The molecule has 1 heterocycles. The molecule has 7 heteroatoms. The van der Waals surface area contributed by atoms with Crippen LogP contribution in [-0.4, -0.2) is 33.3 Å². The van der Waals surface area contributed by atoms with Crippen molar-refractivity contribution in [3.05, 3.63) is 58.6 Å². The summed E-state index contributed by atoms with van der Waals surface area (Å²) in [4.78, 5) is 17.5. The smallest absolute Gasteiger partial charge is 0.209 e. The fourth-order valence-electron chi connectivity index (χ4n) is 3.29. The van der Waals surface area contributed by atoms with Crippen molar-refractivity contribution >= 4 is 29.1 Å². The third-order valence-corrected chi connectivity index (χ3v) is 5.98. The molecule has 0 amide bonds. The second-order valence-electron chi connectivity index (χ2n) is 6.33. The van der Waals surface area contributed by atoms with Gasteiger partial charge in [0, 0.05) is 10.6 Å². The predicted octanol–water partition coefficient (Wildman–Crippen LogP) is 4.81. The van der Waals surface area contributed by atoms with Crippen LogP contribution in [0.4, 0.5) is 0 Å². The highest BCUT2D eigenvalue weighted by molar-refractivity contribution is 8.00. The maximum Gasteiger partial charge on any atom is 0.209 e. The minimum absolute atomic E-state index is 0.153. The van der Waals surface area contributed by atoms with Gasteiger partial charge in [0.25, 0.3) is 0 Å². The van der Waals surface area contributed by atoms with Gasteiger partial charge >= 0.3 is 0 Å². The Morgan fingerprint density at radius 1 is 1.22 bits per heavy atom. The van der Waals surface area contributed by atoms with E-state index in [4.69, 9.17) is 16.3 Å². The number of benzene rings is 2. The SMILES string of the molecule is COc1ccc(Cl)cc1-c1nc(SC2CCCc3ccccc3C2=O)n[nH]1. The van der Waals surface area contributed by atoms with Gasteiger partial charge in [-0.25, -0.2) is 4.98 Å². The Bertz CT molecular complexity index is 989. The average Bonchev–Trinajstić information content (AvgIpc) is 3.09. The number of halogens is 1. The summed E-state index contributed by atoms with van der Waals surface area (Å²) in [6.45, 7) is 0. The van der Waals surface area contributed by atoms with Crippen LogP contribution in [0.1, 0.15) is 28.8 Å². The quantitative estimate of drug-likeness (QED) is 0.637. The summed E-state index contributed by atoms with van der Waals surface area (Å²) in [5.41, 5.74) is 2.69. The molecule has 3 aromatic rings. The van der Waals surface area contributed by atoms with E-state index in [1.807, 2.05) is 24.3 Å². The number of aromatic amines is 1. The predicted molar refractivity (Wildman–Crippen MR) is 107 cm³/mol. The van der Waals surface area contributed by atoms with Crippen molar-refractivity contribution in [2.45, 2.75) is 29.7 Å². The Morgan fingerprint density at radius 2 is 2.07 bits per heavy atom. The number of hydrogen-bond acceptors (Lipinski definition) is 5. The number of nitrogens with zero attached hydrogens (tertiary/aromatic N) is 2. The highest BCUT2D eigenvalue weighted by atomic mass is 35.5. The number of ether oxygens (including phenoxy) is 1. The Hall–Kier alpha value is -2.31. The fourth-order valence-corrected chi connectivity index (χ4v) is 4.47. The topological polar surface area (TPSA) is 67.9 Å². The molecular weight excluding hydrogens is 382 g/mol. The highest BCUT2D eigenvalue weighted by Crippen LogP contribution is 2.34. The van der Waals surface area contributed by atoms with Crippen molar-refractivity contribution in [1.82, 2.24) is 15.2 Å². The molecular formula is C20H18ClN3O2S. The standard InChI is InChI=1S/C20H18ClN3O2S/c1-26-16-10-9-13(21)11-15(16)19-22-20(24-23-19)27-17-8-4-6-12-5-2-3-7-14(12)18(17)25/h2-3,5,7,9-11,17H,4,6,8H2,1H3,(H,22,23,24). The number of hydrogen-bond donors (Lipinski definition) is 1. The van der Waals surface area contributed by atoms with Crippen LogP contribution in [0.25, 0.3) is 11.4 Å². The molecule has 1 N–H and O–H groups in total. The summed E-state index contributed by atoms with van der Waals surface area (Å²) in [7, 11) is 1.60. The third kappa shape index (κ3) is 3.73. The number of aromatic nitrogens is 3. The van der Waals surface area contributed by atoms with Gasteiger partial charge in [0.2, 0.25) is 5.16 Å². The molecule has 0 saturated heterocycles. The van der Waals surface area contributed by atoms with Crippen LogP contribution in [-0.2, 0) is 6.42 Å². The molecule has 1 aliphatic rings. The van der Waals surface area contributed by atoms with Gasteiger partial charge in [0.1, 0.15) is 5.75 Å². The zero-order chi connectivity index (χ0) is 18.8. The number of aryl methyl sites for hydroxylation is 1. The van der Waals surface area contributed by atoms with E-state index < -0.39 is 0 Å². The lowest BCUT2D eigenvalue weighted by Gasteiger charge is -2.10. The number of Topliss-reactive ketones (excluding diaryl/α,β-unsaturated/α-hetero) is 1. The van der Waals surface area contributed by atoms with Gasteiger partial charge in [-0.3, -0.25) is 9.89 Å². The second kappa shape index (κ2) is 7.74. The number of fused-ring (bicyclic) bond motifs is 1. The monoisotopic (exact) mass is 399 g/mol. The Labute approximate surface area is 166 Å². The Morgan fingerprint density at radius 3 is 2.93 bits per heavy atom. The minimum Gasteiger partial charge on any atom is -0.496 e. The zero-order valence-electron chi connectivity index (χ0n) is 14.7. The second-order valence-corrected chi connectivity index (χ2v) is 7.94. The van der Waals surface area contributed by atoms with Gasteiger partial charge in [-0.05, 0) is 43.0 Å². The first kappa shape index (κ1) is 18.1. The molecule has 2 aromatic carbocycles. The lowest BCUT2D eigenvalue weighted by Crippen LogP contribution is -2.16. The highest BCUT2D eigenvalue weighted by Gasteiger charge is 2.27. The van der Waals surface area contributed by atoms with E-state index in [9.17, 15) is 4.79 Å². The van der Waals surface area contributed by atoms with Gasteiger partial charge in [-0.15, -0.1) is 5.10 Å². The van der Waals surface area contributed by atoms with E-state index in [1.165, 1.54) is 11.8 Å². The maximum atomic E-state index is 12.9. The first-order valence-electron chi connectivity index (χ1n) is 8.71. The van der Waals surface area contributed by atoms with Crippen molar-refractivity contribution in [3.8, 4) is 17.1 Å². The van der Waals surface area contributed by atoms with Crippen LogP contribution < -0.4 is 4.74 Å². The molecule has 27 heavy (non-hydrogen) atoms. The van der Waals surface area contributed by atoms with E-state index in [0.717, 1.165) is 36.0 Å². The van der Waals surface area contributed by atoms with Crippen LogP contribution in [0.2, 0.25) is 5.02 Å². The first-order valence-corrected chi connectivity index (χ1v) is 9.96. The molecule has 0 fully saturated rings. The van der Waals surface area contributed by atoms with Gasteiger partial charge in [0.15, 0.2) is 11.6 Å². The van der Waals surface area contributed by atoms with E-state index in [-0.39, 0.29) is 11.0 Å². The minimum atomic E-state index is -0.182. The molecule has 1 unspecified atom stereocenters. The van der Waals surface area contributed by atoms with Crippen molar-refractivity contribution in [2.75, 3.05) is 7.11 Å². The molecule has 1 aromatic heterocycles. The summed E-state index contributed by atoms with van der Waals surface area (Å²) in [5, 5.41) is 8.17. The van der Waals surface area contributed by atoms with Gasteiger partial charge in [-0.1, -0.05) is 47.6 Å². The number of carbonyl (C=O) groups excluding carboxylic acids is 1. The molecule has 1 aliphatic carbocycles. The number of methoxy groups -OCH3 is 1. The lowest BCUT2D eigenvalue weighted by molar-refractivity contribution is 0.0988. The Balaban J connectivity index is 1.58. The normalized spacial score (nSPS) is 16.7. The molecule has 0 radical (unpaired) electrons. The number of H-pyrrole nitrogens is 1. The van der Waals surface area contributed by atoms with Crippen molar-refractivity contribution in [2.24, 2.45) is 0 Å². The molecule has 138 valence electrons. The summed E-state index contributed by atoms with van der Waals surface area (Å²) in [5.74, 6) is 1.38. The molecule has 0 spiro atoms. The number of rotatable bonds is 4. The third-order valence-electron chi connectivity index (χ3n) is 4.62. The number of thioether (sulfide) groups is 1. The zero-order valence-corrected chi connectivity index (χ0v) is 16.3. The van der Waals surface area contributed by atoms with Crippen molar-refractivity contribution < 1.29 is 9.53 Å². The van der Waals surface area contributed by atoms with Crippen LogP contribution >= 0.6 is 23.4 Å². The van der Waals surface area contributed by atoms with Crippen LogP contribution in [0, 0.1) is 0 Å². The van der Waals surface area contributed by atoms with E-state index in [0.29, 0.717) is 21.8 Å². The summed E-state index contributed by atoms with van der Waals surface area (Å²) < 4.78 is 5.38. The lowest BCUT2D eigenvalue weighted by atomic mass is 10.0. The maximum absolute atomic E-state index is 12.9. The van der Waals surface area contributed by atoms with Crippen molar-refractivity contribution in [1.29, 1.82) is 0 Å². The van der Waals surface area contributed by atoms with E-state index >= 15 is 0 Å². The summed E-state index contributed by atoms with van der Waals surface area (Å²) in [6.07, 6.45) is 2.71. The summed E-state index contributed by atoms with van der Waals surface area (Å²) in [6, 6.07) is 13.2. The van der Waals surface area contributed by atoms with Crippen molar-refractivity contribution in [3.63, 3.8) is 0 Å².